The number of methoxy groups -OCH3 is 1. The minimum absolute atomic E-state index is 0.153. The molecule has 2 aromatic heterocycles. The summed E-state index contributed by atoms with van der Waals surface area (Å²) < 4.78 is 45.4. The largest absolute Gasteiger partial charge is 0.417 e. The Kier molecular flexibility index (Phi) is 5.46. The van der Waals surface area contributed by atoms with E-state index < -0.39 is 11.7 Å². The maximum atomic E-state index is 13.1. The van der Waals surface area contributed by atoms with Crippen LogP contribution in [-0.4, -0.2) is 34.8 Å². The fourth-order valence-electron chi connectivity index (χ4n) is 3.87. The quantitative estimate of drug-likeness (QED) is 0.631. The molecule has 4 rings (SSSR count). The van der Waals surface area contributed by atoms with Crippen molar-refractivity contribution in [3.63, 3.8) is 0 Å². The van der Waals surface area contributed by atoms with E-state index in [-0.39, 0.29) is 11.6 Å². The van der Waals surface area contributed by atoms with Crippen molar-refractivity contribution >= 4 is 16.7 Å². The van der Waals surface area contributed by atoms with Crippen molar-refractivity contribution in [1.29, 1.82) is 0 Å². The second-order valence-corrected chi connectivity index (χ2v) is 7.19. The molecule has 0 bridgehead atoms. The Balaban J connectivity index is 1.77. The van der Waals surface area contributed by atoms with Gasteiger partial charge in [-0.05, 0) is 37.1 Å². The molecular formula is C21H21F3N4O2. The lowest BCUT2D eigenvalue weighted by molar-refractivity contribution is -0.137. The number of halogens is 3. The van der Waals surface area contributed by atoms with Crippen molar-refractivity contribution in [1.82, 2.24) is 14.5 Å². The molecular weight excluding hydrogens is 397 g/mol. The first-order chi connectivity index (χ1) is 14.4. The van der Waals surface area contributed by atoms with Gasteiger partial charge in [0.1, 0.15) is 11.6 Å². The van der Waals surface area contributed by atoms with Crippen LogP contribution in [0.3, 0.4) is 0 Å². The van der Waals surface area contributed by atoms with Crippen LogP contribution in [0.15, 0.2) is 47.4 Å². The summed E-state index contributed by atoms with van der Waals surface area (Å²) in [6, 6.07) is 9.28. The Hall–Kier alpha value is -2.94. The van der Waals surface area contributed by atoms with Gasteiger partial charge < -0.3 is 9.64 Å². The fraction of sp³-hybridized carbons (Fsp3) is 0.381. The molecule has 1 aliphatic rings. The third-order valence-electron chi connectivity index (χ3n) is 5.33. The maximum Gasteiger partial charge on any atom is 0.417 e. The number of hydrogen-bond acceptors (Lipinski definition) is 5. The summed E-state index contributed by atoms with van der Waals surface area (Å²) in [5.74, 6) is 1.01. The predicted octanol–water partition coefficient (Wildman–Crippen LogP) is 3.80. The van der Waals surface area contributed by atoms with Crippen LogP contribution in [0.1, 0.15) is 30.3 Å². The van der Waals surface area contributed by atoms with Crippen LogP contribution in [0.4, 0.5) is 19.0 Å². The van der Waals surface area contributed by atoms with E-state index in [9.17, 15) is 18.0 Å². The standard InChI is InChI=1S/C21H21F3N4O2/c1-30-12-11-28-19(26-16-6-3-2-5-15(16)20(28)29)17-7-4-10-27(17)18-9-8-14(13-25-18)21(22,23)24/h2-3,5-6,8-9,13,17H,4,7,10-12H2,1H3. The van der Waals surface area contributed by atoms with Crippen LogP contribution in [0.5, 0.6) is 0 Å². The van der Waals surface area contributed by atoms with E-state index in [4.69, 9.17) is 9.72 Å². The van der Waals surface area contributed by atoms with Gasteiger partial charge >= 0.3 is 6.18 Å². The first-order valence-electron chi connectivity index (χ1n) is 9.68. The summed E-state index contributed by atoms with van der Waals surface area (Å²) in [6.07, 6.45) is -2.05. The van der Waals surface area contributed by atoms with Crippen LogP contribution in [-0.2, 0) is 17.5 Å². The number of para-hydroxylation sites is 1. The second kappa shape index (κ2) is 8.06. The average molecular weight is 418 g/mol. The first kappa shape index (κ1) is 20.3. The van der Waals surface area contributed by atoms with Gasteiger partial charge in [-0.25, -0.2) is 9.97 Å². The molecule has 9 heteroatoms. The van der Waals surface area contributed by atoms with Gasteiger partial charge in [0, 0.05) is 19.9 Å². The van der Waals surface area contributed by atoms with Crippen LogP contribution in [0.25, 0.3) is 10.9 Å². The minimum atomic E-state index is -4.43. The molecule has 1 aliphatic heterocycles. The first-order valence-corrected chi connectivity index (χ1v) is 9.68. The molecule has 1 saturated heterocycles. The molecule has 6 nitrogen and oxygen atoms in total. The molecule has 1 atom stereocenters. The number of rotatable bonds is 5. The number of ether oxygens (including phenoxy) is 1. The van der Waals surface area contributed by atoms with Gasteiger partial charge in [0.15, 0.2) is 0 Å². The monoisotopic (exact) mass is 418 g/mol. The zero-order valence-electron chi connectivity index (χ0n) is 16.4. The molecule has 1 unspecified atom stereocenters. The van der Waals surface area contributed by atoms with Crippen LogP contribution in [0.2, 0.25) is 0 Å². The molecule has 0 spiro atoms. The lowest BCUT2D eigenvalue weighted by Crippen LogP contribution is -2.33. The lowest BCUT2D eigenvalue weighted by atomic mass is 10.1. The highest BCUT2D eigenvalue weighted by Crippen LogP contribution is 2.36. The van der Waals surface area contributed by atoms with Gasteiger partial charge in [-0.2, -0.15) is 13.2 Å². The number of hydrogen-bond donors (Lipinski definition) is 0. The zero-order valence-corrected chi connectivity index (χ0v) is 16.4. The Morgan fingerprint density at radius 1 is 1.20 bits per heavy atom. The fourth-order valence-corrected chi connectivity index (χ4v) is 3.87. The van der Waals surface area contributed by atoms with E-state index in [1.165, 1.54) is 6.07 Å². The molecule has 1 fully saturated rings. The summed E-state index contributed by atoms with van der Waals surface area (Å²) in [5.41, 5.74) is -0.346. The molecule has 0 aliphatic carbocycles. The van der Waals surface area contributed by atoms with Crippen molar-refractivity contribution in [3.05, 3.63) is 64.3 Å². The summed E-state index contributed by atoms with van der Waals surface area (Å²) in [6.45, 7) is 1.31. The highest BCUT2D eigenvalue weighted by atomic mass is 19.4. The number of anilines is 1. The molecule has 3 aromatic rings. The number of aromatic nitrogens is 3. The number of fused-ring (bicyclic) bond motifs is 1. The van der Waals surface area contributed by atoms with Crippen molar-refractivity contribution in [2.75, 3.05) is 25.2 Å². The normalized spacial score (nSPS) is 17.1. The number of benzene rings is 1. The number of pyridine rings is 1. The number of nitrogens with zero attached hydrogens (tertiary/aromatic N) is 4. The van der Waals surface area contributed by atoms with Crippen LogP contribution >= 0.6 is 0 Å². The molecule has 0 N–H and O–H groups in total. The van der Waals surface area contributed by atoms with Crippen molar-refractivity contribution in [3.8, 4) is 0 Å². The van der Waals surface area contributed by atoms with E-state index in [2.05, 4.69) is 4.98 Å². The van der Waals surface area contributed by atoms with E-state index in [1.807, 2.05) is 11.0 Å². The maximum absolute atomic E-state index is 13.1. The third-order valence-corrected chi connectivity index (χ3v) is 5.33. The molecule has 0 radical (unpaired) electrons. The van der Waals surface area contributed by atoms with E-state index in [1.54, 1.807) is 29.9 Å². The van der Waals surface area contributed by atoms with E-state index >= 15 is 0 Å². The average Bonchev–Trinajstić information content (AvgIpc) is 3.22. The minimum Gasteiger partial charge on any atom is -0.383 e. The number of alkyl halides is 3. The van der Waals surface area contributed by atoms with Gasteiger partial charge in [-0.1, -0.05) is 12.1 Å². The van der Waals surface area contributed by atoms with Crippen molar-refractivity contribution < 1.29 is 17.9 Å². The summed E-state index contributed by atoms with van der Waals surface area (Å²) in [7, 11) is 1.56. The topological polar surface area (TPSA) is 60.2 Å². The summed E-state index contributed by atoms with van der Waals surface area (Å²) in [5, 5.41) is 0.523. The highest BCUT2D eigenvalue weighted by molar-refractivity contribution is 5.77. The van der Waals surface area contributed by atoms with Crippen LogP contribution in [0, 0.1) is 0 Å². The SMILES string of the molecule is COCCn1c(C2CCCN2c2ccc(C(F)(F)F)cn2)nc2ccccc2c1=O. The highest BCUT2D eigenvalue weighted by Gasteiger charge is 2.34. The van der Waals surface area contributed by atoms with Gasteiger partial charge in [0.2, 0.25) is 0 Å². The predicted molar refractivity (Wildman–Crippen MR) is 106 cm³/mol. The summed E-state index contributed by atoms with van der Waals surface area (Å²) in [4.78, 5) is 23.8. The molecule has 0 saturated carbocycles. The lowest BCUT2D eigenvalue weighted by Gasteiger charge is -2.27. The van der Waals surface area contributed by atoms with Gasteiger partial charge in [0.05, 0.1) is 35.7 Å². The Labute approximate surface area is 170 Å². The van der Waals surface area contributed by atoms with E-state index in [0.717, 1.165) is 25.1 Å². The second-order valence-electron chi connectivity index (χ2n) is 7.19. The molecule has 1 aromatic carbocycles. The molecule has 30 heavy (non-hydrogen) atoms. The van der Waals surface area contributed by atoms with Crippen LogP contribution < -0.4 is 10.5 Å². The smallest absolute Gasteiger partial charge is 0.383 e. The van der Waals surface area contributed by atoms with Gasteiger partial charge in [0.25, 0.3) is 5.56 Å². The van der Waals surface area contributed by atoms with Gasteiger partial charge in [-0.3, -0.25) is 9.36 Å². The van der Waals surface area contributed by atoms with E-state index in [0.29, 0.717) is 42.2 Å². The zero-order chi connectivity index (χ0) is 21.3. The van der Waals surface area contributed by atoms with Crippen molar-refractivity contribution in [2.45, 2.75) is 31.6 Å². The molecule has 158 valence electrons. The van der Waals surface area contributed by atoms with Gasteiger partial charge in [-0.15, -0.1) is 0 Å². The van der Waals surface area contributed by atoms with Crippen molar-refractivity contribution in [2.24, 2.45) is 0 Å². The Morgan fingerprint density at radius 2 is 2.00 bits per heavy atom. The Bertz CT molecular complexity index is 1100. The molecule has 0 amide bonds. The molecule has 3 heterocycles. The third kappa shape index (κ3) is 3.77. The summed E-state index contributed by atoms with van der Waals surface area (Å²) >= 11 is 0. The Morgan fingerprint density at radius 3 is 2.70 bits per heavy atom.